The highest BCUT2D eigenvalue weighted by atomic mass is 35.5. The summed E-state index contributed by atoms with van der Waals surface area (Å²) in [6.07, 6.45) is 4.20. The topological polar surface area (TPSA) is 136 Å². The van der Waals surface area contributed by atoms with Crippen molar-refractivity contribution in [3.8, 4) is 11.1 Å². The Labute approximate surface area is 244 Å². The third-order valence-corrected chi connectivity index (χ3v) is 8.02. The lowest BCUT2D eigenvalue weighted by molar-refractivity contribution is 0.0558. The second-order valence-corrected chi connectivity index (χ2v) is 12.8. The highest BCUT2D eigenvalue weighted by Crippen LogP contribution is 2.33. The lowest BCUT2D eigenvalue weighted by Crippen LogP contribution is -2.53. The van der Waals surface area contributed by atoms with Gasteiger partial charge >= 0.3 is 0 Å². The molecule has 3 N–H and O–H groups in total. The number of halogens is 1. The highest BCUT2D eigenvalue weighted by molar-refractivity contribution is 7.92. The average molecular weight is 597 g/mol. The number of nitrogens with zero attached hydrogens (tertiary/aromatic N) is 5. The molecule has 13 heteroatoms. The van der Waals surface area contributed by atoms with Crippen molar-refractivity contribution >= 4 is 49.8 Å². The summed E-state index contributed by atoms with van der Waals surface area (Å²) >= 11 is 6.11. The van der Waals surface area contributed by atoms with E-state index >= 15 is 0 Å². The van der Waals surface area contributed by atoms with Crippen molar-refractivity contribution in [3.63, 3.8) is 0 Å². The van der Waals surface area contributed by atoms with Crippen LogP contribution in [0.1, 0.15) is 37.0 Å². The van der Waals surface area contributed by atoms with Gasteiger partial charge in [0.25, 0.3) is 5.91 Å². The molecule has 216 valence electrons. The SMILES string of the molecule is CC(C)N1CCN(Cc2cccc(C(=O)Nc3cc(-c4cnc(Cl)c(NS(C)(=O)=O)c4)cc4[nH]ncc34)n2)CC1C. The number of carbonyl (C=O) groups excluding carboxylic acids is 1. The van der Waals surface area contributed by atoms with Crippen LogP contribution in [0.5, 0.6) is 0 Å². The number of nitrogens with one attached hydrogen (secondary N) is 3. The number of piperazine rings is 1. The molecule has 0 saturated carbocycles. The number of rotatable bonds is 8. The number of sulfonamides is 1. The number of benzene rings is 1. The van der Waals surface area contributed by atoms with E-state index < -0.39 is 10.0 Å². The summed E-state index contributed by atoms with van der Waals surface area (Å²) in [7, 11) is -3.56. The first-order chi connectivity index (χ1) is 19.5. The van der Waals surface area contributed by atoms with Gasteiger partial charge in [-0.1, -0.05) is 17.7 Å². The molecule has 0 bridgehead atoms. The van der Waals surface area contributed by atoms with Crippen LogP contribution >= 0.6 is 11.6 Å². The third kappa shape index (κ3) is 6.84. The van der Waals surface area contributed by atoms with Crippen LogP contribution in [-0.2, 0) is 16.6 Å². The van der Waals surface area contributed by atoms with Gasteiger partial charge in [0.05, 0.1) is 35.0 Å². The molecule has 1 fully saturated rings. The van der Waals surface area contributed by atoms with E-state index in [0.717, 1.165) is 31.6 Å². The average Bonchev–Trinajstić information content (AvgIpc) is 3.38. The van der Waals surface area contributed by atoms with Crippen molar-refractivity contribution in [2.45, 2.75) is 39.4 Å². The Kier molecular flexibility index (Phi) is 8.28. The van der Waals surface area contributed by atoms with Crippen LogP contribution < -0.4 is 10.0 Å². The van der Waals surface area contributed by atoms with Gasteiger partial charge in [-0.3, -0.25) is 24.4 Å². The molecular formula is C28H33ClN8O3S. The van der Waals surface area contributed by atoms with Gasteiger partial charge in [-0.2, -0.15) is 5.10 Å². The molecule has 11 nitrogen and oxygen atoms in total. The van der Waals surface area contributed by atoms with E-state index in [9.17, 15) is 13.2 Å². The molecule has 1 amide bonds. The Morgan fingerprint density at radius 1 is 1.15 bits per heavy atom. The summed E-state index contributed by atoms with van der Waals surface area (Å²) in [5, 5.41) is 10.8. The second kappa shape index (κ2) is 11.7. The summed E-state index contributed by atoms with van der Waals surface area (Å²) in [5.74, 6) is -0.349. The minimum absolute atomic E-state index is 0.0255. The molecule has 1 saturated heterocycles. The summed E-state index contributed by atoms with van der Waals surface area (Å²) in [6, 6.07) is 11.7. The van der Waals surface area contributed by atoms with Crippen LogP contribution in [-0.4, -0.2) is 82.3 Å². The molecule has 1 unspecified atom stereocenters. The number of aromatic amines is 1. The number of carbonyl (C=O) groups is 1. The van der Waals surface area contributed by atoms with Gasteiger partial charge in [0, 0.05) is 55.4 Å². The summed E-state index contributed by atoms with van der Waals surface area (Å²) in [4.78, 5) is 27.0. The number of amides is 1. The first-order valence-electron chi connectivity index (χ1n) is 13.3. The molecule has 3 aromatic heterocycles. The summed E-state index contributed by atoms with van der Waals surface area (Å²) < 4.78 is 25.9. The Morgan fingerprint density at radius 2 is 1.93 bits per heavy atom. The Bertz CT molecular complexity index is 1690. The molecule has 41 heavy (non-hydrogen) atoms. The molecule has 4 heterocycles. The fourth-order valence-corrected chi connectivity index (χ4v) is 6.03. The summed E-state index contributed by atoms with van der Waals surface area (Å²) in [6.45, 7) is 10.3. The van der Waals surface area contributed by atoms with E-state index in [1.54, 1.807) is 24.4 Å². The molecule has 1 aliphatic rings. The Morgan fingerprint density at radius 3 is 2.66 bits per heavy atom. The number of pyridine rings is 2. The van der Waals surface area contributed by atoms with Gasteiger partial charge in [-0.05, 0) is 56.7 Å². The molecule has 5 rings (SSSR count). The number of hydrogen-bond donors (Lipinski definition) is 3. The molecule has 4 aromatic rings. The van der Waals surface area contributed by atoms with E-state index in [2.05, 4.69) is 60.8 Å². The second-order valence-electron chi connectivity index (χ2n) is 10.7. The minimum atomic E-state index is -3.56. The molecule has 0 radical (unpaired) electrons. The number of H-pyrrole nitrogens is 1. The molecule has 1 aromatic carbocycles. The number of hydrogen-bond acceptors (Lipinski definition) is 8. The van der Waals surface area contributed by atoms with Crippen LogP contribution in [0.15, 0.2) is 48.8 Å². The van der Waals surface area contributed by atoms with Crippen LogP contribution in [0.4, 0.5) is 11.4 Å². The normalized spacial score (nSPS) is 16.8. The van der Waals surface area contributed by atoms with Gasteiger partial charge < -0.3 is 5.32 Å². The molecule has 0 spiro atoms. The van der Waals surface area contributed by atoms with Crippen molar-refractivity contribution < 1.29 is 13.2 Å². The highest BCUT2D eigenvalue weighted by Gasteiger charge is 2.25. The standard InChI is InChI=1S/C28H33ClN8O3S/c1-17(2)37-9-8-36(15-18(37)3)16-21-6-5-7-23(32-21)28(38)33-24-10-19(11-25-22(24)14-31-34-25)20-12-26(27(29)30-13-20)35-41(4,39)40/h5-7,10-14,17-18,35H,8-9,15-16H2,1-4H3,(H,31,34)(H,33,38). The predicted molar refractivity (Wildman–Crippen MR) is 162 cm³/mol. The van der Waals surface area contributed by atoms with E-state index in [-0.39, 0.29) is 16.7 Å². The molecule has 1 atom stereocenters. The summed E-state index contributed by atoms with van der Waals surface area (Å²) in [5.41, 5.74) is 3.78. The Hall–Kier alpha value is -3.58. The lowest BCUT2D eigenvalue weighted by atomic mass is 10.0. The number of fused-ring (bicyclic) bond motifs is 1. The number of aromatic nitrogens is 4. The largest absolute Gasteiger partial charge is 0.320 e. The molecular weight excluding hydrogens is 564 g/mol. The fraction of sp³-hybridized carbons (Fsp3) is 0.357. The first kappa shape index (κ1) is 28.9. The zero-order valence-electron chi connectivity index (χ0n) is 23.3. The number of anilines is 2. The van der Waals surface area contributed by atoms with Crippen LogP contribution in [0.25, 0.3) is 22.0 Å². The zero-order valence-corrected chi connectivity index (χ0v) is 24.9. The molecule has 0 aliphatic carbocycles. The smallest absolute Gasteiger partial charge is 0.274 e. The van der Waals surface area contributed by atoms with Crippen molar-refractivity contribution in [2.24, 2.45) is 0 Å². The van der Waals surface area contributed by atoms with Gasteiger partial charge in [0.15, 0.2) is 5.15 Å². The van der Waals surface area contributed by atoms with Gasteiger partial charge in [-0.15, -0.1) is 0 Å². The monoisotopic (exact) mass is 596 g/mol. The minimum Gasteiger partial charge on any atom is -0.320 e. The van der Waals surface area contributed by atoms with Crippen molar-refractivity contribution in [3.05, 3.63) is 65.3 Å². The van der Waals surface area contributed by atoms with Crippen LogP contribution in [0.2, 0.25) is 5.15 Å². The van der Waals surface area contributed by atoms with Gasteiger partial charge in [0.1, 0.15) is 5.69 Å². The third-order valence-electron chi connectivity index (χ3n) is 7.13. The van der Waals surface area contributed by atoms with E-state index in [1.807, 2.05) is 18.2 Å². The van der Waals surface area contributed by atoms with Gasteiger partial charge in [-0.25, -0.2) is 18.4 Å². The maximum atomic E-state index is 13.4. The maximum absolute atomic E-state index is 13.4. The maximum Gasteiger partial charge on any atom is 0.274 e. The van der Waals surface area contributed by atoms with Crippen LogP contribution in [0, 0.1) is 0 Å². The van der Waals surface area contributed by atoms with Crippen molar-refractivity contribution in [2.75, 3.05) is 35.9 Å². The predicted octanol–water partition coefficient (Wildman–Crippen LogP) is 4.21. The van der Waals surface area contributed by atoms with E-state index in [4.69, 9.17) is 11.6 Å². The zero-order chi connectivity index (χ0) is 29.3. The van der Waals surface area contributed by atoms with Gasteiger partial charge in [0.2, 0.25) is 10.0 Å². The first-order valence-corrected chi connectivity index (χ1v) is 15.6. The quantitative estimate of drug-likeness (QED) is 0.257. The van der Waals surface area contributed by atoms with Crippen LogP contribution in [0.3, 0.4) is 0 Å². The fourth-order valence-electron chi connectivity index (χ4n) is 5.27. The van der Waals surface area contributed by atoms with Crippen molar-refractivity contribution in [1.82, 2.24) is 30.0 Å². The molecule has 1 aliphatic heterocycles. The van der Waals surface area contributed by atoms with Crippen molar-refractivity contribution in [1.29, 1.82) is 0 Å². The van der Waals surface area contributed by atoms with E-state index in [0.29, 0.717) is 52.0 Å². The Balaban J connectivity index is 1.37. The van der Waals surface area contributed by atoms with E-state index in [1.165, 1.54) is 6.20 Å². The lowest BCUT2D eigenvalue weighted by Gasteiger charge is -2.42.